The van der Waals surface area contributed by atoms with Crippen LogP contribution in [0.1, 0.15) is 0 Å². The van der Waals surface area contributed by atoms with Gasteiger partial charge < -0.3 is 15.3 Å². The predicted molar refractivity (Wildman–Crippen MR) is 43.4 cm³/mol. The molecule has 0 amide bonds. The number of likely N-dealkylation sites (tertiary alicyclic amines) is 1. The Bertz CT molecular complexity index is 149. The maximum absolute atomic E-state index is 9.02. The van der Waals surface area contributed by atoms with Crippen LogP contribution in [-0.4, -0.2) is 49.3 Å². The van der Waals surface area contributed by atoms with Crippen LogP contribution >= 0.6 is 0 Å². The van der Waals surface area contributed by atoms with Gasteiger partial charge in [0.1, 0.15) is 0 Å². The van der Waals surface area contributed by atoms with Crippen molar-refractivity contribution in [2.75, 3.05) is 33.3 Å². The van der Waals surface area contributed by atoms with Crippen LogP contribution in [0.3, 0.4) is 0 Å². The van der Waals surface area contributed by atoms with Crippen LogP contribution in [0.4, 0.5) is 0 Å². The first-order valence-electron chi connectivity index (χ1n) is 4.34. The van der Waals surface area contributed by atoms with Crippen LogP contribution in [0.2, 0.25) is 0 Å². The lowest BCUT2D eigenvalue weighted by atomic mass is 9.95. The second-order valence-electron chi connectivity index (χ2n) is 3.84. The molecule has 0 aromatic carbocycles. The van der Waals surface area contributed by atoms with Crippen LogP contribution < -0.4 is 5.32 Å². The minimum Gasteiger partial charge on any atom is -0.395 e. The van der Waals surface area contributed by atoms with E-state index in [9.17, 15) is 0 Å². The maximum Gasteiger partial charge on any atom is 0.0587 e. The average Bonchev–Trinajstić information content (AvgIpc) is 2.45. The molecule has 0 spiro atoms. The van der Waals surface area contributed by atoms with E-state index < -0.39 is 0 Å². The van der Waals surface area contributed by atoms with Gasteiger partial charge in [0.2, 0.25) is 0 Å². The Labute approximate surface area is 67.4 Å². The monoisotopic (exact) mass is 156 g/mol. The third-order valence-electron chi connectivity index (χ3n) is 3.03. The number of aliphatic hydroxyl groups is 1. The minimum atomic E-state index is 0.301. The van der Waals surface area contributed by atoms with Gasteiger partial charge in [0.25, 0.3) is 0 Å². The molecule has 2 rings (SSSR count). The smallest absolute Gasteiger partial charge is 0.0587 e. The van der Waals surface area contributed by atoms with Gasteiger partial charge in [-0.2, -0.15) is 0 Å². The summed E-state index contributed by atoms with van der Waals surface area (Å²) in [6.45, 7) is 3.76. The van der Waals surface area contributed by atoms with E-state index in [2.05, 4.69) is 17.3 Å². The fourth-order valence-corrected chi connectivity index (χ4v) is 2.44. The zero-order valence-electron chi connectivity index (χ0n) is 6.95. The van der Waals surface area contributed by atoms with Gasteiger partial charge in [0, 0.05) is 19.1 Å². The quantitative estimate of drug-likeness (QED) is 0.518. The highest BCUT2D eigenvalue weighted by atomic mass is 16.3. The van der Waals surface area contributed by atoms with Crippen molar-refractivity contribution in [2.24, 2.45) is 11.8 Å². The highest BCUT2D eigenvalue weighted by molar-refractivity contribution is 4.96. The summed E-state index contributed by atoms with van der Waals surface area (Å²) in [6, 6.07) is 0.366. The standard InChI is InChI=1S/C8H16N2O/c1-10-3-6-2-9-8(5-11)7(6)4-10/h6-9,11H,2-5H2,1H3. The Morgan fingerprint density at radius 2 is 2.36 bits per heavy atom. The zero-order valence-corrected chi connectivity index (χ0v) is 6.95. The molecule has 2 heterocycles. The van der Waals surface area contributed by atoms with E-state index in [1.165, 1.54) is 6.54 Å². The summed E-state index contributed by atoms with van der Waals surface area (Å²) < 4.78 is 0. The van der Waals surface area contributed by atoms with E-state index in [0.717, 1.165) is 19.0 Å². The Hall–Kier alpha value is -0.120. The van der Waals surface area contributed by atoms with Crippen molar-refractivity contribution in [3.05, 3.63) is 0 Å². The predicted octanol–water partition coefficient (Wildman–Crippen LogP) is -0.872. The first-order chi connectivity index (χ1) is 5.31. The minimum absolute atomic E-state index is 0.301. The summed E-state index contributed by atoms with van der Waals surface area (Å²) in [7, 11) is 2.16. The van der Waals surface area contributed by atoms with Crippen LogP contribution in [0, 0.1) is 11.8 Å². The summed E-state index contributed by atoms with van der Waals surface area (Å²) in [6.07, 6.45) is 0. The van der Waals surface area contributed by atoms with Gasteiger partial charge in [0.05, 0.1) is 6.61 Å². The van der Waals surface area contributed by atoms with Crippen molar-refractivity contribution in [2.45, 2.75) is 6.04 Å². The molecule has 3 atom stereocenters. The zero-order chi connectivity index (χ0) is 7.84. The molecule has 2 saturated heterocycles. The molecule has 64 valence electrons. The summed E-state index contributed by atoms with van der Waals surface area (Å²) in [5, 5.41) is 12.4. The first-order valence-corrected chi connectivity index (χ1v) is 4.34. The SMILES string of the molecule is CN1CC2CNC(CO)C2C1. The van der Waals surface area contributed by atoms with Gasteiger partial charge in [-0.1, -0.05) is 0 Å². The third kappa shape index (κ3) is 1.17. The van der Waals surface area contributed by atoms with Crippen LogP contribution in [0.25, 0.3) is 0 Å². The van der Waals surface area contributed by atoms with E-state index in [-0.39, 0.29) is 0 Å². The van der Waals surface area contributed by atoms with E-state index in [4.69, 9.17) is 5.11 Å². The molecular weight excluding hydrogens is 140 g/mol. The molecule has 3 heteroatoms. The van der Waals surface area contributed by atoms with Gasteiger partial charge in [-0.05, 0) is 25.4 Å². The third-order valence-corrected chi connectivity index (χ3v) is 3.03. The summed E-state index contributed by atoms with van der Waals surface area (Å²) in [4.78, 5) is 2.36. The highest BCUT2D eigenvalue weighted by Gasteiger charge is 2.40. The average molecular weight is 156 g/mol. The molecule has 3 nitrogen and oxygen atoms in total. The van der Waals surface area contributed by atoms with Gasteiger partial charge in [0.15, 0.2) is 0 Å². The second kappa shape index (κ2) is 2.73. The van der Waals surface area contributed by atoms with Crippen molar-refractivity contribution in [3.8, 4) is 0 Å². The Balaban J connectivity index is 2.01. The topological polar surface area (TPSA) is 35.5 Å². The van der Waals surface area contributed by atoms with Crippen LogP contribution in [0.5, 0.6) is 0 Å². The number of fused-ring (bicyclic) bond motifs is 1. The number of rotatable bonds is 1. The van der Waals surface area contributed by atoms with E-state index >= 15 is 0 Å². The van der Waals surface area contributed by atoms with Crippen LogP contribution in [-0.2, 0) is 0 Å². The molecule has 0 aromatic rings. The summed E-state index contributed by atoms with van der Waals surface area (Å²) in [5.74, 6) is 1.49. The summed E-state index contributed by atoms with van der Waals surface area (Å²) in [5.41, 5.74) is 0. The molecule has 2 fully saturated rings. The number of nitrogens with one attached hydrogen (secondary N) is 1. The molecule has 3 unspecified atom stereocenters. The molecule has 0 saturated carbocycles. The van der Waals surface area contributed by atoms with Crippen molar-refractivity contribution in [1.29, 1.82) is 0 Å². The largest absolute Gasteiger partial charge is 0.395 e. The second-order valence-corrected chi connectivity index (χ2v) is 3.84. The molecule has 0 aliphatic carbocycles. The maximum atomic E-state index is 9.02. The van der Waals surface area contributed by atoms with Gasteiger partial charge in [-0.3, -0.25) is 0 Å². The fraction of sp³-hybridized carbons (Fsp3) is 1.00. The lowest BCUT2D eigenvalue weighted by Gasteiger charge is -2.15. The molecule has 11 heavy (non-hydrogen) atoms. The molecule has 0 radical (unpaired) electrons. The number of aliphatic hydroxyl groups excluding tert-OH is 1. The molecule has 2 aliphatic rings. The highest BCUT2D eigenvalue weighted by Crippen LogP contribution is 2.29. The van der Waals surface area contributed by atoms with Crippen molar-refractivity contribution < 1.29 is 5.11 Å². The van der Waals surface area contributed by atoms with Crippen molar-refractivity contribution in [3.63, 3.8) is 0 Å². The van der Waals surface area contributed by atoms with Gasteiger partial charge in [-0.25, -0.2) is 0 Å². The Morgan fingerprint density at radius 1 is 1.55 bits per heavy atom. The number of hydrogen-bond donors (Lipinski definition) is 2. The van der Waals surface area contributed by atoms with Crippen LogP contribution in [0.15, 0.2) is 0 Å². The Morgan fingerprint density at radius 3 is 3.09 bits per heavy atom. The summed E-state index contributed by atoms with van der Waals surface area (Å²) >= 11 is 0. The molecule has 2 N–H and O–H groups in total. The molecule has 2 aliphatic heterocycles. The number of hydrogen-bond acceptors (Lipinski definition) is 3. The fourth-order valence-electron chi connectivity index (χ4n) is 2.44. The molecule has 0 bridgehead atoms. The van der Waals surface area contributed by atoms with Gasteiger partial charge in [-0.15, -0.1) is 0 Å². The van der Waals surface area contributed by atoms with E-state index in [1.54, 1.807) is 0 Å². The van der Waals surface area contributed by atoms with E-state index in [1.807, 2.05) is 0 Å². The normalized spacial score (nSPS) is 44.7. The van der Waals surface area contributed by atoms with Crippen molar-refractivity contribution in [1.82, 2.24) is 10.2 Å². The number of nitrogens with zero attached hydrogens (tertiary/aromatic N) is 1. The van der Waals surface area contributed by atoms with Crippen molar-refractivity contribution >= 4 is 0 Å². The first kappa shape index (κ1) is 7.53. The van der Waals surface area contributed by atoms with Gasteiger partial charge >= 0.3 is 0 Å². The lowest BCUT2D eigenvalue weighted by Crippen LogP contribution is -2.34. The van der Waals surface area contributed by atoms with E-state index in [0.29, 0.717) is 18.6 Å². The Kier molecular flexibility index (Phi) is 1.87. The lowest BCUT2D eigenvalue weighted by molar-refractivity contribution is 0.220. The molecular formula is C8H16N2O. The molecule has 0 aromatic heterocycles.